The molecule has 176 valence electrons. The number of imidazole rings is 1. The monoisotopic (exact) mass is 455 g/mol. The summed E-state index contributed by atoms with van der Waals surface area (Å²) in [7, 11) is 6.18. The molecule has 4 aromatic rings. The largest absolute Gasteiger partial charge is 0.378 e. The van der Waals surface area contributed by atoms with Crippen molar-refractivity contribution in [1.82, 2.24) is 24.5 Å². The molecular formula is C27H33N7. The van der Waals surface area contributed by atoms with Crippen molar-refractivity contribution in [3.8, 4) is 0 Å². The Labute approximate surface area is 201 Å². The molecule has 1 aliphatic heterocycles. The van der Waals surface area contributed by atoms with Crippen molar-refractivity contribution >= 4 is 22.8 Å². The van der Waals surface area contributed by atoms with Crippen LogP contribution in [0.1, 0.15) is 35.2 Å². The number of pyridine rings is 1. The molecule has 0 unspecified atom stereocenters. The Balaban J connectivity index is 1.39. The van der Waals surface area contributed by atoms with Crippen LogP contribution in [0.2, 0.25) is 0 Å². The van der Waals surface area contributed by atoms with E-state index in [4.69, 9.17) is 9.97 Å². The highest BCUT2D eigenvalue weighted by Crippen LogP contribution is 2.28. The molecule has 0 saturated carbocycles. The third-order valence-electron chi connectivity index (χ3n) is 7.01. The minimum absolute atomic E-state index is 0.688. The lowest BCUT2D eigenvalue weighted by Gasteiger charge is -2.32. The van der Waals surface area contributed by atoms with Crippen LogP contribution in [0, 0.1) is 12.8 Å². The first-order chi connectivity index (χ1) is 16.5. The molecule has 0 spiro atoms. The van der Waals surface area contributed by atoms with Gasteiger partial charge in [-0.3, -0.25) is 4.98 Å². The van der Waals surface area contributed by atoms with Gasteiger partial charge in [-0.25, -0.2) is 9.97 Å². The number of aromatic nitrogens is 5. The SMILES string of the molecule is Cc1ccc(N(C)C)cc1Cc1nc(N2CCC(Cc3ccncc3)CC2)nc2ncn(C)c12. The van der Waals surface area contributed by atoms with Crippen molar-refractivity contribution in [1.29, 1.82) is 0 Å². The molecule has 5 rings (SSSR count). The molecule has 0 aliphatic carbocycles. The van der Waals surface area contributed by atoms with Gasteiger partial charge in [0.1, 0.15) is 5.52 Å². The molecule has 4 heterocycles. The van der Waals surface area contributed by atoms with Gasteiger partial charge in [0.25, 0.3) is 0 Å². The second-order valence-electron chi connectivity index (χ2n) is 9.67. The van der Waals surface area contributed by atoms with Crippen LogP contribution >= 0.6 is 0 Å². The molecule has 1 saturated heterocycles. The Morgan fingerprint density at radius 3 is 2.53 bits per heavy atom. The summed E-state index contributed by atoms with van der Waals surface area (Å²) in [5, 5.41) is 0. The third kappa shape index (κ3) is 4.60. The first-order valence-electron chi connectivity index (χ1n) is 12.1. The highest BCUT2D eigenvalue weighted by atomic mass is 15.3. The lowest BCUT2D eigenvalue weighted by Crippen LogP contribution is -2.35. The molecule has 1 fully saturated rings. The van der Waals surface area contributed by atoms with Crippen LogP contribution in [0.25, 0.3) is 11.2 Å². The van der Waals surface area contributed by atoms with E-state index in [-0.39, 0.29) is 0 Å². The van der Waals surface area contributed by atoms with Crippen LogP contribution in [0.4, 0.5) is 11.6 Å². The summed E-state index contributed by atoms with van der Waals surface area (Å²) < 4.78 is 2.04. The standard InChI is InChI=1S/C27H33N7/c1-19-5-6-23(32(2)3)16-22(19)17-24-25-26(29-18-33(25)4)31-27(30-24)34-13-9-21(10-14-34)15-20-7-11-28-12-8-20/h5-8,11-12,16,18,21H,9-10,13-15,17H2,1-4H3. The van der Waals surface area contributed by atoms with E-state index in [1.165, 1.54) is 22.4 Å². The zero-order valence-corrected chi connectivity index (χ0v) is 20.6. The quantitative estimate of drug-likeness (QED) is 0.435. The van der Waals surface area contributed by atoms with Gasteiger partial charge < -0.3 is 14.4 Å². The normalized spacial score (nSPS) is 14.6. The van der Waals surface area contributed by atoms with Gasteiger partial charge in [-0.1, -0.05) is 6.07 Å². The summed E-state index contributed by atoms with van der Waals surface area (Å²) in [5.74, 6) is 1.50. The Morgan fingerprint density at radius 2 is 1.79 bits per heavy atom. The smallest absolute Gasteiger partial charge is 0.227 e. The number of hydrogen-bond acceptors (Lipinski definition) is 6. The molecular weight excluding hydrogens is 422 g/mol. The highest BCUT2D eigenvalue weighted by molar-refractivity contribution is 5.75. The van der Waals surface area contributed by atoms with Crippen LogP contribution in [0.3, 0.4) is 0 Å². The summed E-state index contributed by atoms with van der Waals surface area (Å²) >= 11 is 0. The summed E-state index contributed by atoms with van der Waals surface area (Å²) in [6.07, 6.45) is 9.78. The molecule has 0 bridgehead atoms. The second kappa shape index (κ2) is 9.41. The molecule has 0 radical (unpaired) electrons. The number of nitrogens with zero attached hydrogens (tertiary/aromatic N) is 7. The van der Waals surface area contributed by atoms with Crippen LogP contribution in [0.15, 0.2) is 49.1 Å². The number of piperidine rings is 1. The topological polar surface area (TPSA) is 63.0 Å². The van der Waals surface area contributed by atoms with E-state index in [2.05, 4.69) is 71.1 Å². The van der Waals surface area contributed by atoms with Gasteiger partial charge in [0.05, 0.1) is 12.0 Å². The number of hydrogen-bond donors (Lipinski definition) is 0. The van der Waals surface area contributed by atoms with Crippen molar-refractivity contribution in [2.24, 2.45) is 13.0 Å². The molecule has 3 aromatic heterocycles. The van der Waals surface area contributed by atoms with E-state index < -0.39 is 0 Å². The molecule has 7 nitrogen and oxygen atoms in total. The Morgan fingerprint density at radius 1 is 1.03 bits per heavy atom. The lowest BCUT2D eigenvalue weighted by atomic mass is 9.90. The molecule has 0 N–H and O–H groups in total. The highest BCUT2D eigenvalue weighted by Gasteiger charge is 2.23. The third-order valence-corrected chi connectivity index (χ3v) is 7.01. The average molecular weight is 456 g/mol. The predicted molar refractivity (Wildman–Crippen MR) is 137 cm³/mol. The van der Waals surface area contributed by atoms with Crippen LogP contribution in [0.5, 0.6) is 0 Å². The minimum atomic E-state index is 0.688. The Kier molecular flexibility index (Phi) is 6.18. The molecule has 1 aromatic carbocycles. The molecule has 1 aliphatic rings. The summed E-state index contributed by atoms with van der Waals surface area (Å²) in [5.41, 5.74) is 7.98. The lowest BCUT2D eigenvalue weighted by molar-refractivity contribution is 0.400. The van der Waals surface area contributed by atoms with E-state index in [1.54, 1.807) is 0 Å². The van der Waals surface area contributed by atoms with Crippen molar-refractivity contribution in [3.05, 3.63) is 71.4 Å². The van der Waals surface area contributed by atoms with Gasteiger partial charge in [-0.15, -0.1) is 0 Å². The fourth-order valence-electron chi connectivity index (χ4n) is 4.89. The molecule has 34 heavy (non-hydrogen) atoms. The van der Waals surface area contributed by atoms with Gasteiger partial charge >= 0.3 is 0 Å². The van der Waals surface area contributed by atoms with Crippen LogP contribution in [-0.4, -0.2) is 51.7 Å². The van der Waals surface area contributed by atoms with E-state index in [0.29, 0.717) is 5.92 Å². The zero-order valence-electron chi connectivity index (χ0n) is 20.6. The van der Waals surface area contributed by atoms with E-state index >= 15 is 0 Å². The van der Waals surface area contributed by atoms with Crippen molar-refractivity contribution in [2.75, 3.05) is 37.0 Å². The van der Waals surface area contributed by atoms with Crippen LogP contribution in [-0.2, 0) is 19.9 Å². The van der Waals surface area contributed by atoms with E-state index in [1.807, 2.05) is 30.3 Å². The van der Waals surface area contributed by atoms with Gasteiger partial charge in [0.2, 0.25) is 5.95 Å². The van der Waals surface area contributed by atoms with Gasteiger partial charge in [-0.05, 0) is 73.1 Å². The maximum absolute atomic E-state index is 5.11. The Hall–Kier alpha value is -3.48. The molecule has 7 heteroatoms. The Bertz CT molecular complexity index is 1270. The summed E-state index contributed by atoms with van der Waals surface area (Å²) in [6, 6.07) is 10.9. The van der Waals surface area contributed by atoms with Gasteiger partial charge in [-0.2, -0.15) is 4.98 Å². The number of anilines is 2. The number of rotatable bonds is 6. The zero-order chi connectivity index (χ0) is 23.7. The second-order valence-corrected chi connectivity index (χ2v) is 9.67. The fourth-order valence-corrected chi connectivity index (χ4v) is 4.89. The first kappa shape index (κ1) is 22.3. The number of aryl methyl sites for hydroxylation is 2. The van der Waals surface area contributed by atoms with Crippen molar-refractivity contribution < 1.29 is 0 Å². The first-order valence-corrected chi connectivity index (χ1v) is 12.1. The van der Waals surface area contributed by atoms with Crippen LogP contribution < -0.4 is 9.80 Å². The molecule has 0 amide bonds. The number of benzene rings is 1. The fraction of sp³-hybridized carbons (Fsp3) is 0.407. The summed E-state index contributed by atoms with van der Waals surface area (Å²) in [4.78, 5) is 23.2. The minimum Gasteiger partial charge on any atom is -0.378 e. The van der Waals surface area contributed by atoms with Crippen molar-refractivity contribution in [2.45, 2.75) is 32.6 Å². The number of fused-ring (bicyclic) bond motifs is 1. The maximum atomic E-state index is 5.11. The molecule has 0 atom stereocenters. The van der Waals surface area contributed by atoms with E-state index in [0.717, 1.165) is 61.6 Å². The van der Waals surface area contributed by atoms with Crippen molar-refractivity contribution in [3.63, 3.8) is 0 Å². The maximum Gasteiger partial charge on any atom is 0.227 e. The van der Waals surface area contributed by atoms with Gasteiger partial charge in [0.15, 0.2) is 5.65 Å². The van der Waals surface area contributed by atoms with Gasteiger partial charge in [0, 0.05) is 58.7 Å². The summed E-state index contributed by atoms with van der Waals surface area (Å²) in [6.45, 7) is 4.12. The predicted octanol–water partition coefficient (Wildman–Crippen LogP) is 4.18. The van der Waals surface area contributed by atoms with E-state index in [9.17, 15) is 0 Å². The average Bonchev–Trinajstić information content (AvgIpc) is 3.22.